The highest BCUT2D eigenvalue weighted by atomic mass is 19.3. The lowest BCUT2D eigenvalue weighted by atomic mass is 9.84. The molecule has 0 aromatic carbocycles. The highest BCUT2D eigenvalue weighted by molar-refractivity contribution is 6.00. The Hall–Kier alpha value is -4.51. The fraction of sp³-hybridized carbons (Fsp3) is 0.429. The van der Waals surface area contributed by atoms with Gasteiger partial charge in [0.25, 0.3) is 5.91 Å². The van der Waals surface area contributed by atoms with E-state index in [1.165, 1.54) is 32.4 Å². The molecule has 1 fully saturated rings. The molecule has 3 N–H and O–H groups in total. The van der Waals surface area contributed by atoms with Gasteiger partial charge in [-0.1, -0.05) is 0 Å². The zero-order chi connectivity index (χ0) is 30.0. The zero-order valence-electron chi connectivity index (χ0n) is 23.0. The summed E-state index contributed by atoms with van der Waals surface area (Å²) in [7, 11) is 0. The largest absolute Gasteiger partial charge is 0.387 e. The molecule has 0 spiro atoms. The summed E-state index contributed by atoms with van der Waals surface area (Å²) < 4.78 is 41.8. The van der Waals surface area contributed by atoms with Crippen LogP contribution in [0.25, 0.3) is 16.9 Å². The van der Waals surface area contributed by atoms with Gasteiger partial charge in [0, 0.05) is 18.2 Å². The van der Waals surface area contributed by atoms with E-state index in [-0.39, 0.29) is 24.1 Å². The molecule has 0 saturated heterocycles. The summed E-state index contributed by atoms with van der Waals surface area (Å²) in [6.45, 7) is -0.526. The summed E-state index contributed by atoms with van der Waals surface area (Å²) in [4.78, 5) is 18.0. The summed E-state index contributed by atoms with van der Waals surface area (Å²) in [6, 6.07) is 9.06. The molecule has 0 unspecified atom stereocenters. The number of rotatable bonds is 9. The summed E-state index contributed by atoms with van der Waals surface area (Å²) in [5, 5.41) is 37.0. The Labute approximate surface area is 239 Å². The number of anilines is 1. The predicted octanol–water partition coefficient (Wildman–Crippen LogP) is 4.23. The predicted molar refractivity (Wildman–Crippen MR) is 147 cm³/mol. The van der Waals surface area contributed by atoms with E-state index in [0.29, 0.717) is 64.3 Å². The lowest BCUT2D eigenvalue weighted by Crippen LogP contribution is -2.42. The maximum Gasteiger partial charge on any atom is 0.348 e. The number of hydrogen-bond acceptors (Lipinski definition) is 8. The average Bonchev–Trinajstić information content (AvgIpc) is 3.63. The van der Waals surface area contributed by atoms with Crippen LogP contribution in [0.4, 0.5) is 18.9 Å². The van der Waals surface area contributed by atoms with Gasteiger partial charge in [-0.3, -0.25) is 9.78 Å². The molecule has 4 aromatic rings. The van der Waals surface area contributed by atoms with Crippen molar-refractivity contribution in [1.29, 1.82) is 5.26 Å². The Morgan fingerprint density at radius 1 is 1.14 bits per heavy atom. The molecule has 14 heteroatoms. The van der Waals surface area contributed by atoms with Crippen molar-refractivity contribution in [3.05, 3.63) is 59.7 Å². The van der Waals surface area contributed by atoms with Gasteiger partial charge in [-0.25, -0.2) is 8.91 Å². The van der Waals surface area contributed by atoms with E-state index >= 15 is 0 Å². The average molecular weight is 582 g/mol. The number of aliphatic hydroxyl groups is 1. The summed E-state index contributed by atoms with van der Waals surface area (Å²) in [6.07, 6.45) is 5.29. The number of fused-ring (bicyclic) bond motifs is 1. The van der Waals surface area contributed by atoms with E-state index in [1.54, 1.807) is 16.6 Å². The molecule has 1 aliphatic rings. The van der Waals surface area contributed by atoms with Crippen LogP contribution in [0.1, 0.15) is 73.6 Å². The number of alkyl halides is 3. The first-order valence-corrected chi connectivity index (χ1v) is 13.5. The van der Waals surface area contributed by atoms with Crippen molar-refractivity contribution in [3.8, 4) is 17.5 Å². The highest BCUT2D eigenvalue weighted by Gasteiger charge is 2.29. The number of nitrogens with one attached hydrogen (secondary N) is 2. The van der Waals surface area contributed by atoms with E-state index in [0.717, 1.165) is 0 Å². The third kappa shape index (κ3) is 6.20. The molecule has 5 rings (SSSR count). The molecule has 4 aromatic heterocycles. The number of carbonyl (C=O) groups excluding carboxylic acids is 1. The first-order valence-electron chi connectivity index (χ1n) is 13.5. The SMILES string of the molecule is CC(C)(O)[C@H](F)CNC(=O)c1cnc(-c2ccc3cc(C#N)cnn23)cc1NC1CCC(c2cnn(C(F)F)n2)CC1. The lowest BCUT2D eigenvalue weighted by molar-refractivity contribution is -0.00178. The summed E-state index contributed by atoms with van der Waals surface area (Å²) in [5.41, 5.74) is 1.86. The van der Waals surface area contributed by atoms with Crippen LogP contribution in [0, 0.1) is 11.3 Å². The van der Waals surface area contributed by atoms with E-state index in [4.69, 9.17) is 0 Å². The zero-order valence-corrected chi connectivity index (χ0v) is 23.0. The van der Waals surface area contributed by atoms with Crippen LogP contribution in [0.3, 0.4) is 0 Å². The normalized spacial score (nSPS) is 18.1. The number of nitriles is 1. The van der Waals surface area contributed by atoms with Crippen LogP contribution in [0.15, 0.2) is 42.9 Å². The van der Waals surface area contributed by atoms with Gasteiger partial charge in [-0.15, -0.1) is 4.80 Å². The molecular weight excluding hydrogens is 551 g/mol. The number of aromatic nitrogens is 6. The van der Waals surface area contributed by atoms with Crippen LogP contribution in [-0.2, 0) is 0 Å². The molecular formula is C28H30F3N9O2. The molecule has 1 atom stereocenters. The third-order valence-corrected chi connectivity index (χ3v) is 7.45. The van der Waals surface area contributed by atoms with E-state index in [9.17, 15) is 28.3 Å². The smallest absolute Gasteiger partial charge is 0.348 e. The van der Waals surface area contributed by atoms with Crippen molar-refractivity contribution in [3.63, 3.8) is 0 Å². The van der Waals surface area contributed by atoms with E-state index < -0.39 is 24.2 Å². The Morgan fingerprint density at radius 2 is 1.90 bits per heavy atom. The first kappa shape index (κ1) is 29.0. The van der Waals surface area contributed by atoms with Gasteiger partial charge < -0.3 is 15.7 Å². The van der Waals surface area contributed by atoms with Crippen LogP contribution < -0.4 is 10.6 Å². The highest BCUT2D eigenvalue weighted by Crippen LogP contribution is 2.34. The monoisotopic (exact) mass is 581 g/mol. The lowest BCUT2D eigenvalue weighted by Gasteiger charge is -2.29. The van der Waals surface area contributed by atoms with Crippen molar-refractivity contribution in [2.24, 2.45) is 0 Å². The molecule has 42 heavy (non-hydrogen) atoms. The molecule has 0 bridgehead atoms. The number of nitrogens with zero attached hydrogens (tertiary/aromatic N) is 7. The Morgan fingerprint density at radius 3 is 2.57 bits per heavy atom. The molecule has 220 valence electrons. The molecule has 1 amide bonds. The maximum atomic E-state index is 14.4. The summed E-state index contributed by atoms with van der Waals surface area (Å²) >= 11 is 0. The van der Waals surface area contributed by atoms with Gasteiger partial charge in [0.05, 0.1) is 64.0 Å². The van der Waals surface area contributed by atoms with Crippen molar-refractivity contribution in [2.45, 2.75) is 69.8 Å². The first-order chi connectivity index (χ1) is 20.0. The van der Waals surface area contributed by atoms with E-state index in [2.05, 4.69) is 37.0 Å². The number of halogens is 3. The standard InChI is InChI=1S/C28H30F3N9O2/c1-28(2,42)25(29)15-34-26(41)20-13-33-22(24-8-7-19-9-16(11-32)12-35-39(19)24)10-21(20)37-18-5-3-17(4-6-18)23-14-36-40(38-23)27(30)31/h7-10,12-14,17-18,25,27,42H,3-6,15H2,1-2H3,(H,33,37)(H,34,41)/t17?,18?,25-/m1/s1. The fourth-order valence-electron chi connectivity index (χ4n) is 5.00. The summed E-state index contributed by atoms with van der Waals surface area (Å²) in [5.74, 6) is -0.566. The van der Waals surface area contributed by atoms with Gasteiger partial charge >= 0.3 is 6.55 Å². The minimum atomic E-state index is -2.79. The minimum Gasteiger partial charge on any atom is -0.387 e. The number of hydrogen-bond donors (Lipinski definition) is 3. The van der Waals surface area contributed by atoms with Gasteiger partial charge in [-0.05, 0) is 63.8 Å². The van der Waals surface area contributed by atoms with Crippen molar-refractivity contribution < 1.29 is 23.1 Å². The molecule has 1 saturated carbocycles. The minimum absolute atomic E-state index is 0.00824. The van der Waals surface area contributed by atoms with Crippen molar-refractivity contribution >= 4 is 17.1 Å². The number of carbonyl (C=O) groups is 1. The number of pyridine rings is 1. The molecule has 1 aliphatic carbocycles. The number of amides is 1. The van der Waals surface area contributed by atoms with Crippen LogP contribution >= 0.6 is 0 Å². The van der Waals surface area contributed by atoms with Gasteiger partial charge in [0.2, 0.25) is 0 Å². The van der Waals surface area contributed by atoms with Crippen LogP contribution in [0.5, 0.6) is 0 Å². The van der Waals surface area contributed by atoms with Gasteiger partial charge in [-0.2, -0.15) is 29.3 Å². The Kier molecular flexibility index (Phi) is 8.13. The topological polar surface area (TPSA) is 146 Å². The Balaban J connectivity index is 1.38. The molecule has 4 heterocycles. The molecule has 0 aliphatic heterocycles. The molecule has 11 nitrogen and oxygen atoms in total. The second kappa shape index (κ2) is 11.8. The Bertz CT molecular complexity index is 1610. The second-order valence-electron chi connectivity index (χ2n) is 10.9. The third-order valence-electron chi connectivity index (χ3n) is 7.45. The quantitative estimate of drug-likeness (QED) is 0.266. The van der Waals surface area contributed by atoms with Crippen molar-refractivity contribution in [2.75, 3.05) is 11.9 Å². The maximum absolute atomic E-state index is 14.4. The van der Waals surface area contributed by atoms with Crippen LogP contribution in [0.2, 0.25) is 0 Å². The van der Waals surface area contributed by atoms with Gasteiger partial charge in [0.15, 0.2) is 0 Å². The van der Waals surface area contributed by atoms with Gasteiger partial charge in [0.1, 0.15) is 12.2 Å². The van der Waals surface area contributed by atoms with Crippen molar-refractivity contribution in [1.82, 2.24) is 34.9 Å². The van der Waals surface area contributed by atoms with Crippen LogP contribution in [-0.4, -0.2) is 65.0 Å². The van der Waals surface area contributed by atoms with E-state index in [1.807, 2.05) is 12.1 Å². The molecule has 0 radical (unpaired) electrons. The fourth-order valence-corrected chi connectivity index (χ4v) is 5.00. The second-order valence-corrected chi connectivity index (χ2v) is 10.9.